The van der Waals surface area contributed by atoms with Gasteiger partial charge < -0.3 is 16.0 Å². The SMILES string of the molecule is CCN(CC(=O)Nc1ccc(NC(C)=O)cc1)[C@H](C)C(=O)NCc1ccccc1. The molecule has 3 N–H and O–H groups in total. The number of likely N-dealkylation sites (N-methyl/N-ethyl adjacent to an activating group) is 1. The number of anilines is 2. The summed E-state index contributed by atoms with van der Waals surface area (Å²) >= 11 is 0. The number of carbonyl (C=O) groups excluding carboxylic acids is 3. The van der Waals surface area contributed by atoms with E-state index in [1.54, 1.807) is 36.1 Å². The monoisotopic (exact) mass is 396 g/mol. The number of amides is 3. The van der Waals surface area contributed by atoms with Crippen LogP contribution < -0.4 is 16.0 Å². The zero-order chi connectivity index (χ0) is 21.2. The van der Waals surface area contributed by atoms with Gasteiger partial charge in [-0.15, -0.1) is 0 Å². The van der Waals surface area contributed by atoms with Crippen LogP contribution in [0.3, 0.4) is 0 Å². The average Bonchev–Trinajstić information content (AvgIpc) is 2.71. The van der Waals surface area contributed by atoms with Crippen LogP contribution in [0.5, 0.6) is 0 Å². The molecule has 2 rings (SSSR count). The summed E-state index contributed by atoms with van der Waals surface area (Å²) in [4.78, 5) is 37.7. The van der Waals surface area contributed by atoms with Crippen LogP contribution in [0.15, 0.2) is 54.6 Å². The molecular weight excluding hydrogens is 368 g/mol. The first-order chi connectivity index (χ1) is 13.9. The van der Waals surface area contributed by atoms with Crippen LogP contribution in [0.25, 0.3) is 0 Å². The first-order valence-corrected chi connectivity index (χ1v) is 9.62. The molecule has 7 heteroatoms. The van der Waals surface area contributed by atoms with Gasteiger partial charge in [0.05, 0.1) is 12.6 Å². The number of hydrogen-bond acceptors (Lipinski definition) is 4. The zero-order valence-electron chi connectivity index (χ0n) is 17.1. The van der Waals surface area contributed by atoms with Gasteiger partial charge in [-0.05, 0) is 43.3 Å². The summed E-state index contributed by atoms with van der Waals surface area (Å²) in [5, 5.41) is 8.40. The van der Waals surface area contributed by atoms with Crippen LogP contribution in [0.2, 0.25) is 0 Å². The highest BCUT2D eigenvalue weighted by Gasteiger charge is 2.22. The third-order valence-electron chi connectivity index (χ3n) is 4.48. The minimum Gasteiger partial charge on any atom is -0.351 e. The molecule has 0 radical (unpaired) electrons. The van der Waals surface area contributed by atoms with Gasteiger partial charge in [-0.25, -0.2) is 0 Å². The van der Waals surface area contributed by atoms with Gasteiger partial charge in [0.1, 0.15) is 0 Å². The second kappa shape index (κ2) is 11.0. The van der Waals surface area contributed by atoms with Gasteiger partial charge >= 0.3 is 0 Å². The first kappa shape index (κ1) is 22.1. The standard InChI is InChI=1S/C22H28N4O3/c1-4-26(16(2)22(29)23-14-18-8-6-5-7-9-18)15-21(28)25-20-12-10-19(11-13-20)24-17(3)27/h5-13,16H,4,14-15H2,1-3H3,(H,23,29)(H,24,27)(H,25,28)/t16-/m1/s1. The Bertz CT molecular complexity index is 822. The Morgan fingerprint density at radius 1 is 0.931 bits per heavy atom. The van der Waals surface area contributed by atoms with E-state index in [1.165, 1.54) is 6.92 Å². The molecule has 0 aliphatic heterocycles. The molecule has 154 valence electrons. The summed E-state index contributed by atoms with van der Waals surface area (Å²) in [6.07, 6.45) is 0. The van der Waals surface area contributed by atoms with Crippen molar-refractivity contribution in [1.82, 2.24) is 10.2 Å². The van der Waals surface area contributed by atoms with Crippen molar-refractivity contribution in [2.24, 2.45) is 0 Å². The van der Waals surface area contributed by atoms with Crippen molar-refractivity contribution in [1.29, 1.82) is 0 Å². The number of benzene rings is 2. The number of nitrogens with zero attached hydrogens (tertiary/aromatic N) is 1. The molecule has 2 aromatic rings. The fourth-order valence-electron chi connectivity index (χ4n) is 2.85. The molecule has 0 saturated carbocycles. The molecule has 2 aromatic carbocycles. The third kappa shape index (κ3) is 7.38. The van der Waals surface area contributed by atoms with Crippen LogP contribution in [-0.4, -0.2) is 41.8 Å². The molecule has 0 unspecified atom stereocenters. The molecule has 3 amide bonds. The minimum atomic E-state index is -0.434. The molecule has 0 fully saturated rings. The third-order valence-corrected chi connectivity index (χ3v) is 4.48. The van der Waals surface area contributed by atoms with Gasteiger partial charge in [-0.3, -0.25) is 19.3 Å². The molecule has 29 heavy (non-hydrogen) atoms. The Morgan fingerprint density at radius 3 is 2.07 bits per heavy atom. The Balaban J connectivity index is 1.86. The molecule has 0 aliphatic carbocycles. The Labute approximate surface area is 171 Å². The van der Waals surface area contributed by atoms with Crippen LogP contribution in [0.1, 0.15) is 26.3 Å². The molecule has 0 bridgehead atoms. The van der Waals surface area contributed by atoms with Crippen molar-refractivity contribution in [2.45, 2.75) is 33.4 Å². The van der Waals surface area contributed by atoms with Crippen molar-refractivity contribution < 1.29 is 14.4 Å². The van der Waals surface area contributed by atoms with Crippen LogP contribution >= 0.6 is 0 Å². The van der Waals surface area contributed by atoms with Crippen molar-refractivity contribution in [3.8, 4) is 0 Å². The zero-order valence-corrected chi connectivity index (χ0v) is 17.1. The summed E-state index contributed by atoms with van der Waals surface area (Å²) in [6, 6.07) is 16.1. The summed E-state index contributed by atoms with van der Waals surface area (Å²) < 4.78 is 0. The molecule has 0 aliphatic rings. The average molecular weight is 396 g/mol. The molecule has 0 spiro atoms. The summed E-state index contributed by atoms with van der Waals surface area (Å²) in [5.41, 5.74) is 2.31. The first-order valence-electron chi connectivity index (χ1n) is 9.62. The predicted octanol–water partition coefficient (Wildman–Crippen LogP) is 2.61. The number of rotatable bonds is 9. The molecular formula is C22H28N4O3. The fraction of sp³-hybridized carbons (Fsp3) is 0.318. The summed E-state index contributed by atoms with van der Waals surface area (Å²) in [6.45, 7) is 6.26. The highest BCUT2D eigenvalue weighted by atomic mass is 16.2. The van der Waals surface area contributed by atoms with Crippen molar-refractivity contribution in [3.05, 3.63) is 60.2 Å². The van der Waals surface area contributed by atoms with Gasteiger partial charge in [0.2, 0.25) is 17.7 Å². The van der Waals surface area contributed by atoms with Gasteiger partial charge in [0.25, 0.3) is 0 Å². The van der Waals surface area contributed by atoms with Gasteiger partial charge in [0, 0.05) is 24.8 Å². The smallest absolute Gasteiger partial charge is 0.238 e. The largest absolute Gasteiger partial charge is 0.351 e. The molecule has 0 saturated heterocycles. The summed E-state index contributed by atoms with van der Waals surface area (Å²) in [5.74, 6) is -0.482. The second-order valence-electron chi connectivity index (χ2n) is 6.75. The molecule has 1 atom stereocenters. The number of carbonyl (C=O) groups is 3. The van der Waals surface area contributed by atoms with E-state index < -0.39 is 6.04 Å². The fourth-order valence-corrected chi connectivity index (χ4v) is 2.85. The lowest BCUT2D eigenvalue weighted by Crippen LogP contribution is -2.47. The number of hydrogen-bond donors (Lipinski definition) is 3. The molecule has 0 heterocycles. The van der Waals surface area contributed by atoms with Gasteiger partial charge in [-0.2, -0.15) is 0 Å². The van der Waals surface area contributed by atoms with E-state index >= 15 is 0 Å². The number of nitrogens with one attached hydrogen (secondary N) is 3. The van der Waals surface area contributed by atoms with Crippen LogP contribution in [-0.2, 0) is 20.9 Å². The Morgan fingerprint density at radius 2 is 1.52 bits per heavy atom. The lowest BCUT2D eigenvalue weighted by atomic mass is 10.2. The van der Waals surface area contributed by atoms with Crippen LogP contribution in [0, 0.1) is 0 Å². The maximum absolute atomic E-state index is 12.5. The van der Waals surface area contributed by atoms with E-state index in [-0.39, 0.29) is 24.3 Å². The lowest BCUT2D eigenvalue weighted by Gasteiger charge is -2.26. The normalized spacial score (nSPS) is 11.6. The Kier molecular flexibility index (Phi) is 8.36. The van der Waals surface area contributed by atoms with E-state index in [9.17, 15) is 14.4 Å². The molecule has 0 aromatic heterocycles. The van der Waals surface area contributed by atoms with E-state index in [0.717, 1.165) is 5.56 Å². The lowest BCUT2D eigenvalue weighted by molar-refractivity contribution is -0.127. The van der Waals surface area contributed by atoms with Crippen molar-refractivity contribution >= 4 is 29.1 Å². The molecule has 7 nitrogen and oxygen atoms in total. The highest BCUT2D eigenvalue weighted by molar-refractivity contribution is 5.93. The second-order valence-corrected chi connectivity index (χ2v) is 6.75. The Hall–Kier alpha value is -3.19. The highest BCUT2D eigenvalue weighted by Crippen LogP contribution is 2.13. The van der Waals surface area contributed by atoms with Gasteiger partial charge in [-0.1, -0.05) is 37.3 Å². The quantitative estimate of drug-likeness (QED) is 0.608. The van der Waals surface area contributed by atoms with E-state index in [4.69, 9.17) is 0 Å². The minimum absolute atomic E-state index is 0.101. The topological polar surface area (TPSA) is 90.5 Å². The van der Waals surface area contributed by atoms with Gasteiger partial charge in [0.15, 0.2) is 0 Å². The van der Waals surface area contributed by atoms with E-state index in [2.05, 4.69) is 16.0 Å². The van der Waals surface area contributed by atoms with E-state index in [0.29, 0.717) is 24.5 Å². The van der Waals surface area contributed by atoms with Crippen LogP contribution in [0.4, 0.5) is 11.4 Å². The maximum Gasteiger partial charge on any atom is 0.238 e. The van der Waals surface area contributed by atoms with Crippen molar-refractivity contribution in [3.63, 3.8) is 0 Å². The van der Waals surface area contributed by atoms with E-state index in [1.807, 2.05) is 37.3 Å². The maximum atomic E-state index is 12.5. The summed E-state index contributed by atoms with van der Waals surface area (Å²) in [7, 11) is 0. The van der Waals surface area contributed by atoms with Crippen molar-refractivity contribution in [2.75, 3.05) is 23.7 Å². The predicted molar refractivity (Wildman–Crippen MR) is 114 cm³/mol.